The Kier molecular flexibility index (Phi) is 3.51. The second-order valence-electron chi connectivity index (χ2n) is 5.06. The summed E-state index contributed by atoms with van der Waals surface area (Å²) in [5, 5.41) is 5.41. The first-order valence-electron chi connectivity index (χ1n) is 6.72. The summed E-state index contributed by atoms with van der Waals surface area (Å²) in [6.07, 6.45) is 7.88. The average Bonchev–Trinajstić information content (AvgIpc) is 2.89. The zero-order chi connectivity index (χ0) is 13.2. The molecule has 3 N–H and O–H groups in total. The van der Waals surface area contributed by atoms with Crippen molar-refractivity contribution in [2.24, 2.45) is 0 Å². The third kappa shape index (κ3) is 2.37. The zero-order valence-electron chi connectivity index (χ0n) is 11.1. The van der Waals surface area contributed by atoms with Crippen LogP contribution in [0.5, 0.6) is 0 Å². The van der Waals surface area contributed by atoms with E-state index in [-0.39, 0.29) is 0 Å². The number of anilines is 2. The number of nitrogens with two attached hydrogens (primary N) is 1. The standard InChI is InChI=1S/C15H19N3S/c1-19-14-6-2-5-12(14)18-13-8-7-11(16)10-4-3-9-17-15(10)13/h3-4,7-9,12,14,18H,2,5-6,16H2,1H3. The summed E-state index contributed by atoms with van der Waals surface area (Å²) < 4.78 is 0. The highest BCUT2D eigenvalue weighted by Crippen LogP contribution is 2.33. The van der Waals surface area contributed by atoms with Crippen LogP contribution in [0.15, 0.2) is 30.5 Å². The van der Waals surface area contributed by atoms with Crippen molar-refractivity contribution in [2.45, 2.75) is 30.6 Å². The van der Waals surface area contributed by atoms with E-state index in [1.54, 1.807) is 0 Å². The Bertz CT molecular complexity index is 585. The van der Waals surface area contributed by atoms with Gasteiger partial charge < -0.3 is 11.1 Å². The Labute approximate surface area is 118 Å². The summed E-state index contributed by atoms with van der Waals surface area (Å²) in [5.74, 6) is 0. The normalized spacial score (nSPS) is 22.8. The first-order valence-corrected chi connectivity index (χ1v) is 8.01. The van der Waals surface area contributed by atoms with Gasteiger partial charge in [0.25, 0.3) is 0 Å². The van der Waals surface area contributed by atoms with Gasteiger partial charge in [0, 0.05) is 28.6 Å². The highest BCUT2D eigenvalue weighted by atomic mass is 32.2. The molecule has 0 saturated heterocycles. The van der Waals surface area contributed by atoms with Crippen molar-refractivity contribution in [3.8, 4) is 0 Å². The first kappa shape index (κ1) is 12.6. The van der Waals surface area contributed by atoms with Crippen LogP contribution in [-0.4, -0.2) is 22.5 Å². The Balaban J connectivity index is 1.95. The van der Waals surface area contributed by atoms with E-state index < -0.39 is 0 Å². The molecule has 3 rings (SSSR count). The van der Waals surface area contributed by atoms with Crippen LogP contribution in [-0.2, 0) is 0 Å². The third-order valence-electron chi connectivity index (χ3n) is 3.90. The lowest BCUT2D eigenvalue weighted by molar-refractivity contribution is 0.769. The lowest BCUT2D eigenvalue weighted by Gasteiger charge is -2.21. The van der Waals surface area contributed by atoms with Crippen LogP contribution in [0.2, 0.25) is 0 Å². The van der Waals surface area contributed by atoms with Gasteiger partial charge in [-0.15, -0.1) is 0 Å². The molecule has 0 aliphatic heterocycles. The Hall–Kier alpha value is -1.42. The van der Waals surface area contributed by atoms with Gasteiger partial charge in [0.05, 0.1) is 11.2 Å². The van der Waals surface area contributed by atoms with E-state index in [1.165, 1.54) is 19.3 Å². The number of hydrogen-bond acceptors (Lipinski definition) is 4. The number of pyridine rings is 1. The second-order valence-corrected chi connectivity index (χ2v) is 6.13. The fourth-order valence-electron chi connectivity index (χ4n) is 2.88. The van der Waals surface area contributed by atoms with Crippen LogP contribution >= 0.6 is 11.8 Å². The van der Waals surface area contributed by atoms with Crippen LogP contribution in [0.25, 0.3) is 10.9 Å². The summed E-state index contributed by atoms with van der Waals surface area (Å²) in [5.41, 5.74) is 8.90. The molecule has 1 aromatic heterocycles. The molecule has 2 unspecified atom stereocenters. The van der Waals surface area contributed by atoms with Gasteiger partial charge >= 0.3 is 0 Å². The fraction of sp³-hybridized carbons (Fsp3) is 0.400. The number of hydrogen-bond donors (Lipinski definition) is 2. The Morgan fingerprint density at radius 1 is 1.32 bits per heavy atom. The van der Waals surface area contributed by atoms with Gasteiger partial charge in [-0.25, -0.2) is 0 Å². The van der Waals surface area contributed by atoms with Gasteiger partial charge in [0.2, 0.25) is 0 Å². The molecule has 1 saturated carbocycles. The molecule has 19 heavy (non-hydrogen) atoms. The largest absolute Gasteiger partial charge is 0.398 e. The maximum Gasteiger partial charge on any atom is 0.0953 e. The SMILES string of the molecule is CSC1CCCC1Nc1ccc(N)c2cccnc12. The molecule has 1 aromatic carbocycles. The molecular formula is C15H19N3S. The van der Waals surface area contributed by atoms with Crippen molar-refractivity contribution in [1.82, 2.24) is 4.98 Å². The van der Waals surface area contributed by atoms with Gasteiger partial charge in [-0.1, -0.05) is 6.42 Å². The number of thioether (sulfide) groups is 1. The molecule has 1 aliphatic rings. The average molecular weight is 273 g/mol. The molecule has 3 nitrogen and oxygen atoms in total. The molecule has 1 fully saturated rings. The molecule has 1 heterocycles. The van der Waals surface area contributed by atoms with Gasteiger partial charge in [0.1, 0.15) is 0 Å². The van der Waals surface area contributed by atoms with E-state index >= 15 is 0 Å². The predicted octanol–water partition coefficient (Wildman–Crippen LogP) is 3.51. The molecule has 0 radical (unpaired) electrons. The van der Waals surface area contributed by atoms with E-state index in [0.717, 1.165) is 22.3 Å². The first-order chi connectivity index (χ1) is 9.29. The number of rotatable bonds is 3. The summed E-state index contributed by atoms with van der Waals surface area (Å²) >= 11 is 1.96. The number of benzene rings is 1. The van der Waals surface area contributed by atoms with Crippen LogP contribution in [0.1, 0.15) is 19.3 Å². The molecule has 1 aliphatic carbocycles. The van der Waals surface area contributed by atoms with Gasteiger partial charge in [-0.3, -0.25) is 4.98 Å². The van der Waals surface area contributed by atoms with E-state index in [9.17, 15) is 0 Å². The maximum atomic E-state index is 6.01. The zero-order valence-corrected chi connectivity index (χ0v) is 11.9. The molecule has 4 heteroatoms. The lowest BCUT2D eigenvalue weighted by Crippen LogP contribution is -2.25. The minimum Gasteiger partial charge on any atom is -0.398 e. The minimum absolute atomic E-state index is 0.545. The van der Waals surface area contributed by atoms with Gasteiger partial charge in [-0.2, -0.15) is 11.8 Å². The van der Waals surface area contributed by atoms with Gasteiger partial charge in [-0.05, 0) is 43.4 Å². The smallest absolute Gasteiger partial charge is 0.0953 e. The van der Waals surface area contributed by atoms with Crippen LogP contribution in [0.4, 0.5) is 11.4 Å². The Morgan fingerprint density at radius 2 is 2.21 bits per heavy atom. The molecule has 2 aromatic rings. The van der Waals surface area contributed by atoms with Crippen LogP contribution < -0.4 is 11.1 Å². The molecule has 0 spiro atoms. The summed E-state index contributed by atoms with van der Waals surface area (Å²) in [7, 11) is 0. The highest BCUT2D eigenvalue weighted by Gasteiger charge is 2.26. The van der Waals surface area contributed by atoms with Crippen molar-refractivity contribution in [3.05, 3.63) is 30.5 Å². The molecule has 0 bridgehead atoms. The third-order valence-corrected chi connectivity index (χ3v) is 5.07. The highest BCUT2D eigenvalue weighted by molar-refractivity contribution is 7.99. The van der Waals surface area contributed by atoms with Crippen LogP contribution in [0.3, 0.4) is 0 Å². The summed E-state index contributed by atoms with van der Waals surface area (Å²) in [6.45, 7) is 0. The monoisotopic (exact) mass is 273 g/mol. The fourth-order valence-corrected chi connectivity index (χ4v) is 3.82. The number of nitrogens with zero attached hydrogens (tertiary/aromatic N) is 1. The quantitative estimate of drug-likeness (QED) is 0.840. The number of nitrogens with one attached hydrogen (secondary N) is 1. The van der Waals surface area contributed by atoms with Crippen molar-refractivity contribution in [2.75, 3.05) is 17.3 Å². The number of fused-ring (bicyclic) bond motifs is 1. The number of nitrogen functional groups attached to an aromatic ring is 1. The predicted molar refractivity (Wildman–Crippen MR) is 84.7 cm³/mol. The van der Waals surface area contributed by atoms with E-state index in [0.29, 0.717) is 11.3 Å². The van der Waals surface area contributed by atoms with Crippen LogP contribution in [0, 0.1) is 0 Å². The van der Waals surface area contributed by atoms with E-state index in [2.05, 4.69) is 22.6 Å². The molecular weight excluding hydrogens is 254 g/mol. The summed E-state index contributed by atoms with van der Waals surface area (Å²) in [6, 6.07) is 8.53. The van der Waals surface area contributed by atoms with E-state index in [1.807, 2.05) is 36.2 Å². The topological polar surface area (TPSA) is 50.9 Å². The maximum absolute atomic E-state index is 6.01. The minimum atomic E-state index is 0.545. The second kappa shape index (κ2) is 5.29. The van der Waals surface area contributed by atoms with Crippen molar-refractivity contribution in [1.29, 1.82) is 0 Å². The van der Waals surface area contributed by atoms with Gasteiger partial charge in [0.15, 0.2) is 0 Å². The Morgan fingerprint density at radius 3 is 3.05 bits per heavy atom. The van der Waals surface area contributed by atoms with E-state index in [4.69, 9.17) is 5.73 Å². The summed E-state index contributed by atoms with van der Waals surface area (Å²) in [4.78, 5) is 4.49. The number of aromatic nitrogens is 1. The molecule has 100 valence electrons. The van der Waals surface area contributed by atoms with Crippen molar-refractivity contribution >= 4 is 34.0 Å². The molecule has 2 atom stereocenters. The van der Waals surface area contributed by atoms with Crippen molar-refractivity contribution < 1.29 is 0 Å². The lowest BCUT2D eigenvalue weighted by atomic mass is 10.1. The molecule has 0 amide bonds. The van der Waals surface area contributed by atoms with Crippen molar-refractivity contribution in [3.63, 3.8) is 0 Å².